The first kappa shape index (κ1) is 24.1. The van der Waals surface area contributed by atoms with Gasteiger partial charge in [0.25, 0.3) is 5.56 Å². The Kier molecular flexibility index (Phi) is 5.88. The van der Waals surface area contributed by atoms with Crippen LogP contribution in [0.5, 0.6) is 0 Å². The van der Waals surface area contributed by atoms with Crippen molar-refractivity contribution < 1.29 is 4.42 Å². The molecule has 0 aliphatic rings. The Labute approximate surface area is 228 Å². The summed E-state index contributed by atoms with van der Waals surface area (Å²) in [5.74, 6) is 0.819. The number of para-hydroxylation sites is 1. The molecule has 188 valence electrons. The van der Waals surface area contributed by atoms with Crippen LogP contribution in [-0.4, -0.2) is 20.4 Å². The highest BCUT2D eigenvalue weighted by atomic mass is 79.9. The molecule has 0 unspecified atom stereocenters. The van der Waals surface area contributed by atoms with Gasteiger partial charge in [0, 0.05) is 32.5 Å². The molecule has 0 bridgehead atoms. The van der Waals surface area contributed by atoms with E-state index < -0.39 is 0 Å². The summed E-state index contributed by atoms with van der Waals surface area (Å²) < 4.78 is 10.6. The van der Waals surface area contributed by atoms with Gasteiger partial charge >= 0.3 is 0 Å². The van der Waals surface area contributed by atoms with Crippen LogP contribution >= 0.6 is 15.9 Å². The van der Waals surface area contributed by atoms with Crippen molar-refractivity contribution in [2.24, 2.45) is 5.10 Å². The molecule has 0 aliphatic carbocycles. The zero-order valence-corrected chi connectivity index (χ0v) is 23.1. The number of nitrogens with zero attached hydrogens (tertiary/aromatic N) is 4. The molecule has 0 saturated carbocycles. The Morgan fingerprint density at radius 2 is 1.76 bits per heavy atom. The molecule has 3 aromatic heterocycles. The molecule has 0 N–H and O–H groups in total. The molecule has 0 aliphatic heterocycles. The van der Waals surface area contributed by atoms with Crippen molar-refractivity contribution in [3.63, 3.8) is 0 Å². The van der Waals surface area contributed by atoms with E-state index in [1.807, 2.05) is 42.5 Å². The first-order valence-corrected chi connectivity index (χ1v) is 13.1. The topological polar surface area (TPSA) is 65.3 Å². The van der Waals surface area contributed by atoms with Gasteiger partial charge in [-0.3, -0.25) is 4.79 Å². The summed E-state index contributed by atoms with van der Waals surface area (Å²) in [7, 11) is 0. The van der Waals surface area contributed by atoms with Crippen LogP contribution in [0.25, 0.3) is 39.1 Å². The minimum Gasteiger partial charge on any atom is -0.453 e. The molecule has 0 fully saturated rings. The highest BCUT2D eigenvalue weighted by Gasteiger charge is 2.17. The predicted molar refractivity (Wildman–Crippen MR) is 157 cm³/mol. The molecule has 6 nitrogen and oxygen atoms in total. The van der Waals surface area contributed by atoms with E-state index in [9.17, 15) is 4.79 Å². The quantitative estimate of drug-likeness (QED) is 0.208. The zero-order valence-electron chi connectivity index (χ0n) is 21.5. The van der Waals surface area contributed by atoms with Crippen molar-refractivity contribution in [3.05, 3.63) is 116 Å². The number of aromatic nitrogens is 3. The van der Waals surface area contributed by atoms with Crippen LogP contribution in [-0.2, 0) is 0 Å². The average Bonchev–Trinajstić information content (AvgIpc) is 3.44. The van der Waals surface area contributed by atoms with E-state index in [-0.39, 0.29) is 5.56 Å². The molecule has 7 heteroatoms. The van der Waals surface area contributed by atoms with Gasteiger partial charge in [0.1, 0.15) is 5.58 Å². The van der Waals surface area contributed by atoms with Crippen molar-refractivity contribution in [2.75, 3.05) is 0 Å². The maximum Gasteiger partial charge on any atom is 0.282 e. The van der Waals surface area contributed by atoms with Gasteiger partial charge in [-0.25, -0.2) is 4.98 Å². The first-order chi connectivity index (χ1) is 18.3. The van der Waals surface area contributed by atoms with Crippen LogP contribution in [0.1, 0.15) is 28.1 Å². The SMILES string of the molecule is Cc1cccc(-n2c(C)cc(C=Nn3c(-c4cc5cc(Br)ccc5o4)nc4ccccc4c3=O)c2C)c1C. The average molecular weight is 565 g/mol. The van der Waals surface area contributed by atoms with Crippen LogP contribution < -0.4 is 5.56 Å². The van der Waals surface area contributed by atoms with Crippen LogP contribution in [0, 0.1) is 27.7 Å². The summed E-state index contributed by atoms with van der Waals surface area (Å²) in [6.07, 6.45) is 1.73. The summed E-state index contributed by atoms with van der Waals surface area (Å²) >= 11 is 3.51. The van der Waals surface area contributed by atoms with Crippen LogP contribution in [0.3, 0.4) is 0 Å². The number of hydrogen-bond acceptors (Lipinski definition) is 4. The van der Waals surface area contributed by atoms with Gasteiger partial charge in [0.05, 0.1) is 17.1 Å². The van der Waals surface area contributed by atoms with E-state index in [0.29, 0.717) is 28.1 Å². The number of hydrogen-bond donors (Lipinski definition) is 0. The highest BCUT2D eigenvalue weighted by Crippen LogP contribution is 2.29. The maximum atomic E-state index is 13.6. The van der Waals surface area contributed by atoms with E-state index in [1.165, 1.54) is 15.8 Å². The Morgan fingerprint density at radius 1 is 0.947 bits per heavy atom. The number of halogens is 1. The summed E-state index contributed by atoms with van der Waals surface area (Å²) in [4.78, 5) is 18.4. The summed E-state index contributed by atoms with van der Waals surface area (Å²) in [5, 5.41) is 6.07. The molecule has 6 rings (SSSR count). The van der Waals surface area contributed by atoms with Gasteiger partial charge in [-0.05, 0) is 87.4 Å². The number of benzene rings is 3. The normalized spacial score (nSPS) is 11.8. The van der Waals surface area contributed by atoms with Crippen molar-refractivity contribution >= 4 is 44.0 Å². The molecular formula is C31H25BrN4O2. The number of fused-ring (bicyclic) bond motifs is 2. The van der Waals surface area contributed by atoms with Gasteiger partial charge in [-0.15, -0.1) is 0 Å². The fourth-order valence-electron chi connectivity index (χ4n) is 4.90. The van der Waals surface area contributed by atoms with E-state index in [4.69, 9.17) is 9.40 Å². The van der Waals surface area contributed by atoms with Gasteiger partial charge in [0.15, 0.2) is 5.76 Å². The van der Waals surface area contributed by atoms with Crippen molar-refractivity contribution in [3.8, 4) is 17.3 Å². The lowest BCUT2D eigenvalue weighted by Crippen LogP contribution is -2.20. The van der Waals surface area contributed by atoms with Crippen LogP contribution in [0.2, 0.25) is 0 Å². The molecule has 0 radical (unpaired) electrons. The van der Waals surface area contributed by atoms with Crippen molar-refractivity contribution in [1.82, 2.24) is 14.2 Å². The Balaban J connectivity index is 1.52. The van der Waals surface area contributed by atoms with E-state index in [0.717, 1.165) is 32.5 Å². The second-order valence-electron chi connectivity index (χ2n) is 9.49. The lowest BCUT2D eigenvalue weighted by Gasteiger charge is -2.14. The minimum absolute atomic E-state index is 0.258. The standard InChI is InChI=1S/C31H25BrN4O2/c1-18-8-7-11-27(20(18)3)35-19(2)14-23(21(35)4)17-33-36-30(34-26-10-6-5-9-25(26)31(36)37)29-16-22-15-24(32)12-13-28(22)38-29/h5-17H,1-4H3. The molecule has 3 heterocycles. The molecule has 3 aromatic carbocycles. The van der Waals surface area contributed by atoms with Crippen molar-refractivity contribution in [2.45, 2.75) is 27.7 Å². The maximum absolute atomic E-state index is 13.6. The first-order valence-electron chi connectivity index (χ1n) is 12.3. The number of aryl methyl sites for hydroxylation is 2. The van der Waals surface area contributed by atoms with Gasteiger partial charge in [0.2, 0.25) is 5.82 Å². The van der Waals surface area contributed by atoms with Crippen LogP contribution in [0.15, 0.2) is 91.6 Å². The Morgan fingerprint density at radius 3 is 2.61 bits per heavy atom. The Hall–Kier alpha value is -4.23. The number of furan rings is 1. The van der Waals surface area contributed by atoms with Gasteiger partial charge in [-0.1, -0.05) is 40.2 Å². The third-order valence-corrected chi connectivity index (χ3v) is 7.55. The van der Waals surface area contributed by atoms with Gasteiger partial charge < -0.3 is 8.98 Å². The second kappa shape index (κ2) is 9.26. The lowest BCUT2D eigenvalue weighted by molar-refractivity contribution is 0.616. The fourth-order valence-corrected chi connectivity index (χ4v) is 5.28. The third kappa shape index (κ3) is 4.00. The summed E-state index contributed by atoms with van der Waals surface area (Å²) in [6.45, 7) is 8.39. The molecular weight excluding hydrogens is 540 g/mol. The molecule has 0 spiro atoms. The van der Waals surface area contributed by atoms with E-state index in [1.54, 1.807) is 12.3 Å². The predicted octanol–water partition coefficient (Wildman–Crippen LogP) is 7.48. The summed E-state index contributed by atoms with van der Waals surface area (Å²) in [6, 6.07) is 23.3. The Bertz CT molecular complexity index is 1960. The van der Waals surface area contributed by atoms with E-state index >= 15 is 0 Å². The summed E-state index contributed by atoms with van der Waals surface area (Å²) in [5.41, 5.74) is 7.69. The van der Waals surface area contributed by atoms with Crippen LogP contribution in [0.4, 0.5) is 0 Å². The monoisotopic (exact) mass is 564 g/mol. The lowest BCUT2D eigenvalue weighted by atomic mass is 10.1. The zero-order chi connectivity index (χ0) is 26.6. The molecule has 38 heavy (non-hydrogen) atoms. The number of rotatable bonds is 4. The largest absolute Gasteiger partial charge is 0.453 e. The van der Waals surface area contributed by atoms with Crippen molar-refractivity contribution in [1.29, 1.82) is 0 Å². The van der Waals surface area contributed by atoms with Gasteiger partial charge in [-0.2, -0.15) is 9.78 Å². The smallest absolute Gasteiger partial charge is 0.282 e. The molecule has 0 saturated heterocycles. The molecule has 0 atom stereocenters. The minimum atomic E-state index is -0.258. The second-order valence-corrected chi connectivity index (χ2v) is 10.4. The fraction of sp³-hybridized carbons (Fsp3) is 0.129. The molecule has 0 amide bonds. The van der Waals surface area contributed by atoms with E-state index in [2.05, 4.69) is 77.6 Å². The third-order valence-electron chi connectivity index (χ3n) is 7.05. The highest BCUT2D eigenvalue weighted by molar-refractivity contribution is 9.10. The molecule has 6 aromatic rings.